The van der Waals surface area contributed by atoms with Gasteiger partial charge in [0, 0.05) is 22.9 Å². The summed E-state index contributed by atoms with van der Waals surface area (Å²) in [5, 5.41) is 0. The van der Waals surface area contributed by atoms with Gasteiger partial charge in [0.2, 0.25) is 0 Å². The summed E-state index contributed by atoms with van der Waals surface area (Å²) in [6.07, 6.45) is 0. The Bertz CT molecular complexity index is 452. The fourth-order valence-electron chi connectivity index (χ4n) is 1.60. The van der Waals surface area contributed by atoms with Gasteiger partial charge in [0.25, 0.3) is 0 Å². The first-order chi connectivity index (χ1) is 8.27. The van der Waals surface area contributed by atoms with Crippen LogP contribution in [-0.2, 0) is 11.5 Å². The second-order valence-corrected chi connectivity index (χ2v) is 4.88. The molecule has 2 aromatic rings. The lowest BCUT2D eigenvalue weighted by Crippen LogP contribution is -1.94. The van der Waals surface area contributed by atoms with Crippen LogP contribution >= 0.6 is 11.8 Å². The molecule has 0 spiro atoms. The van der Waals surface area contributed by atoms with Crippen LogP contribution in [0.4, 0.5) is 11.4 Å². The Kier molecular flexibility index (Phi) is 3.94. The van der Waals surface area contributed by atoms with Crippen molar-refractivity contribution in [3.63, 3.8) is 0 Å². The molecule has 0 atom stereocenters. The van der Waals surface area contributed by atoms with E-state index in [-0.39, 0.29) is 0 Å². The summed E-state index contributed by atoms with van der Waals surface area (Å²) >= 11 is 1.83. The van der Waals surface area contributed by atoms with E-state index in [9.17, 15) is 0 Å². The van der Waals surface area contributed by atoms with Gasteiger partial charge in [0.15, 0.2) is 0 Å². The number of rotatable bonds is 4. The number of hydrogen-bond acceptors (Lipinski definition) is 3. The minimum absolute atomic E-state index is 0.862. The van der Waals surface area contributed by atoms with E-state index in [4.69, 9.17) is 11.5 Å². The van der Waals surface area contributed by atoms with Gasteiger partial charge in [0.05, 0.1) is 0 Å². The molecule has 3 heteroatoms. The summed E-state index contributed by atoms with van der Waals surface area (Å²) in [7, 11) is 0. The molecule has 0 aliphatic heterocycles. The van der Waals surface area contributed by atoms with Gasteiger partial charge in [-0.15, -0.1) is 0 Å². The fraction of sp³-hybridized carbons (Fsp3) is 0.143. The van der Waals surface area contributed by atoms with Crippen molar-refractivity contribution in [2.75, 3.05) is 11.5 Å². The van der Waals surface area contributed by atoms with E-state index < -0.39 is 0 Å². The van der Waals surface area contributed by atoms with E-state index in [2.05, 4.69) is 12.1 Å². The number of nitrogens with two attached hydrogens (primary N) is 2. The Balaban J connectivity index is 1.93. The van der Waals surface area contributed by atoms with E-state index in [1.165, 1.54) is 11.1 Å². The van der Waals surface area contributed by atoms with Crippen LogP contribution < -0.4 is 11.5 Å². The van der Waals surface area contributed by atoms with Crippen molar-refractivity contribution in [1.29, 1.82) is 0 Å². The molecule has 4 N–H and O–H groups in total. The smallest absolute Gasteiger partial charge is 0.0355 e. The van der Waals surface area contributed by atoms with Crippen LogP contribution in [0, 0.1) is 0 Å². The van der Waals surface area contributed by atoms with Crippen LogP contribution in [0.3, 0.4) is 0 Å². The van der Waals surface area contributed by atoms with Gasteiger partial charge in [-0.05, 0) is 23.3 Å². The summed E-state index contributed by atoms with van der Waals surface area (Å²) in [5.41, 5.74) is 15.9. The number of benzene rings is 2. The van der Waals surface area contributed by atoms with Gasteiger partial charge < -0.3 is 11.5 Å². The quantitative estimate of drug-likeness (QED) is 0.811. The topological polar surface area (TPSA) is 52.0 Å². The van der Waals surface area contributed by atoms with Crippen molar-refractivity contribution in [2.45, 2.75) is 11.5 Å². The molecule has 17 heavy (non-hydrogen) atoms. The predicted octanol–water partition coefficient (Wildman–Crippen LogP) is 3.28. The van der Waals surface area contributed by atoms with Crippen molar-refractivity contribution in [3.05, 3.63) is 59.7 Å². The van der Waals surface area contributed by atoms with E-state index in [0.29, 0.717) is 0 Å². The lowest BCUT2D eigenvalue weighted by molar-refractivity contribution is 1.37. The molecule has 0 radical (unpaired) electrons. The molecule has 88 valence electrons. The second kappa shape index (κ2) is 5.64. The zero-order valence-electron chi connectivity index (χ0n) is 9.60. The van der Waals surface area contributed by atoms with Gasteiger partial charge in [-0.1, -0.05) is 36.4 Å². The first-order valence-electron chi connectivity index (χ1n) is 5.52. The van der Waals surface area contributed by atoms with Gasteiger partial charge in [0.1, 0.15) is 0 Å². The van der Waals surface area contributed by atoms with E-state index in [1.807, 2.05) is 48.2 Å². The first kappa shape index (κ1) is 11.9. The average Bonchev–Trinajstić information content (AvgIpc) is 2.34. The molecule has 0 bridgehead atoms. The predicted molar refractivity (Wildman–Crippen MR) is 76.7 cm³/mol. The number of hydrogen-bond donors (Lipinski definition) is 2. The number of nitrogen functional groups attached to an aromatic ring is 2. The van der Waals surface area contributed by atoms with Crippen LogP contribution in [0.15, 0.2) is 48.5 Å². The molecule has 2 rings (SSSR count). The minimum atomic E-state index is 0.862. The summed E-state index contributed by atoms with van der Waals surface area (Å²) in [5.74, 6) is 1.84. The van der Waals surface area contributed by atoms with Crippen molar-refractivity contribution in [3.8, 4) is 0 Å². The molecule has 0 aliphatic rings. The van der Waals surface area contributed by atoms with Crippen molar-refractivity contribution >= 4 is 23.1 Å². The standard InChI is InChI=1S/C14H16N2S/c15-13-7-3-1-5-11(13)9-17-10-12-6-2-4-8-14(12)16/h1-8H,9-10,15-16H2. The third-order valence-electron chi connectivity index (χ3n) is 2.63. The van der Waals surface area contributed by atoms with Crippen LogP contribution in [0.2, 0.25) is 0 Å². The summed E-state index contributed by atoms with van der Waals surface area (Å²) < 4.78 is 0. The lowest BCUT2D eigenvalue weighted by atomic mass is 10.2. The maximum absolute atomic E-state index is 5.89. The zero-order valence-corrected chi connectivity index (χ0v) is 10.4. The van der Waals surface area contributed by atoms with Crippen molar-refractivity contribution in [2.24, 2.45) is 0 Å². The Morgan fingerprint density at radius 1 is 0.706 bits per heavy atom. The van der Waals surface area contributed by atoms with Gasteiger partial charge in [-0.25, -0.2) is 0 Å². The molecule has 0 heterocycles. The molecular weight excluding hydrogens is 228 g/mol. The number of para-hydroxylation sites is 2. The third-order valence-corrected chi connectivity index (χ3v) is 3.66. The van der Waals surface area contributed by atoms with Crippen molar-refractivity contribution in [1.82, 2.24) is 0 Å². The van der Waals surface area contributed by atoms with Crippen molar-refractivity contribution < 1.29 is 0 Å². The van der Waals surface area contributed by atoms with E-state index in [0.717, 1.165) is 22.9 Å². The highest BCUT2D eigenvalue weighted by atomic mass is 32.2. The summed E-state index contributed by atoms with van der Waals surface area (Å²) in [6, 6.07) is 16.0. The summed E-state index contributed by atoms with van der Waals surface area (Å²) in [4.78, 5) is 0. The minimum Gasteiger partial charge on any atom is -0.398 e. The molecule has 0 aliphatic carbocycles. The molecule has 2 nitrogen and oxygen atoms in total. The Morgan fingerprint density at radius 2 is 1.12 bits per heavy atom. The Morgan fingerprint density at radius 3 is 1.53 bits per heavy atom. The van der Waals surface area contributed by atoms with Gasteiger partial charge >= 0.3 is 0 Å². The number of thioether (sulfide) groups is 1. The molecule has 0 saturated carbocycles. The van der Waals surface area contributed by atoms with Gasteiger partial charge in [-0.3, -0.25) is 0 Å². The SMILES string of the molecule is Nc1ccccc1CSCc1ccccc1N. The highest BCUT2D eigenvalue weighted by molar-refractivity contribution is 7.97. The molecule has 2 aromatic carbocycles. The van der Waals surface area contributed by atoms with Gasteiger partial charge in [-0.2, -0.15) is 11.8 Å². The van der Waals surface area contributed by atoms with Crippen LogP contribution in [-0.4, -0.2) is 0 Å². The molecule has 0 unspecified atom stereocenters. The van der Waals surface area contributed by atoms with E-state index >= 15 is 0 Å². The molecule has 0 fully saturated rings. The molecule has 0 aromatic heterocycles. The first-order valence-corrected chi connectivity index (χ1v) is 6.67. The highest BCUT2D eigenvalue weighted by Crippen LogP contribution is 2.23. The Hall–Kier alpha value is -1.61. The van der Waals surface area contributed by atoms with Crippen LogP contribution in [0.1, 0.15) is 11.1 Å². The Labute approximate surface area is 106 Å². The maximum atomic E-state index is 5.89. The van der Waals surface area contributed by atoms with E-state index in [1.54, 1.807) is 0 Å². The second-order valence-electron chi connectivity index (χ2n) is 3.89. The average molecular weight is 244 g/mol. The highest BCUT2D eigenvalue weighted by Gasteiger charge is 2.00. The fourth-order valence-corrected chi connectivity index (χ4v) is 2.67. The van der Waals surface area contributed by atoms with Crippen LogP contribution in [0.25, 0.3) is 0 Å². The molecule has 0 amide bonds. The molecular formula is C14H16N2S. The van der Waals surface area contributed by atoms with Crippen LogP contribution in [0.5, 0.6) is 0 Å². The number of anilines is 2. The lowest BCUT2D eigenvalue weighted by Gasteiger charge is -2.07. The zero-order chi connectivity index (χ0) is 12.1. The largest absolute Gasteiger partial charge is 0.398 e. The molecule has 0 saturated heterocycles. The third kappa shape index (κ3) is 3.17. The monoisotopic (exact) mass is 244 g/mol. The maximum Gasteiger partial charge on any atom is 0.0355 e. The normalized spacial score (nSPS) is 10.4. The summed E-state index contributed by atoms with van der Waals surface area (Å²) in [6.45, 7) is 0.